The van der Waals surface area contributed by atoms with Crippen LogP contribution in [-0.4, -0.2) is 64.1 Å². The smallest absolute Gasteiger partial charge is 0.166 e. The molecule has 1 aliphatic rings. The van der Waals surface area contributed by atoms with E-state index >= 15 is 0 Å². The molecule has 26 heavy (non-hydrogen) atoms. The summed E-state index contributed by atoms with van der Waals surface area (Å²) in [5.41, 5.74) is 2.99. The van der Waals surface area contributed by atoms with Crippen molar-refractivity contribution in [3.8, 4) is 0 Å². The maximum absolute atomic E-state index is 9.06. The third-order valence-electron chi connectivity index (χ3n) is 4.06. The fraction of sp³-hybridized carbons (Fsp3) is 0.588. The number of aliphatic hydroxyl groups excluding tert-OH is 1. The van der Waals surface area contributed by atoms with Gasteiger partial charge in [-0.15, -0.1) is 24.8 Å². The molecule has 1 fully saturated rings. The van der Waals surface area contributed by atoms with Crippen LogP contribution >= 0.6 is 48.2 Å². The number of nitrogens with one attached hydrogen (secondary N) is 1. The number of nitrogens with zero attached hydrogens (tertiary/aromatic N) is 3. The van der Waals surface area contributed by atoms with Gasteiger partial charge < -0.3 is 15.0 Å². The zero-order valence-electron chi connectivity index (χ0n) is 15.3. The molecule has 148 valence electrons. The van der Waals surface area contributed by atoms with E-state index < -0.39 is 0 Å². The number of rotatable bonds is 4. The number of H-pyrrole nitrogens is 1. The molecule has 1 saturated heterocycles. The van der Waals surface area contributed by atoms with Crippen molar-refractivity contribution in [1.82, 2.24) is 14.9 Å². The minimum atomic E-state index is 0. The van der Waals surface area contributed by atoms with Gasteiger partial charge in [0.2, 0.25) is 0 Å². The summed E-state index contributed by atoms with van der Waals surface area (Å²) in [5, 5.41) is 10.7. The minimum absolute atomic E-state index is 0. The number of benzene rings is 1. The van der Waals surface area contributed by atoms with Crippen molar-refractivity contribution >= 4 is 64.9 Å². The van der Waals surface area contributed by atoms with E-state index in [1.54, 1.807) is 11.8 Å². The molecule has 3 rings (SSSR count). The van der Waals surface area contributed by atoms with Crippen molar-refractivity contribution < 1.29 is 5.11 Å². The Morgan fingerprint density at radius 3 is 2.42 bits per heavy atom. The Balaban J connectivity index is 0.00000169. The number of hydrogen-bond acceptors (Lipinski definition) is 5. The van der Waals surface area contributed by atoms with E-state index in [-0.39, 0.29) is 36.2 Å². The van der Waals surface area contributed by atoms with Crippen LogP contribution in [0.1, 0.15) is 20.8 Å². The molecule has 5 nitrogen and oxygen atoms in total. The summed E-state index contributed by atoms with van der Waals surface area (Å²) in [6, 6.07) is 4.06. The normalized spacial score (nSPS) is 15.7. The molecule has 0 aliphatic carbocycles. The van der Waals surface area contributed by atoms with E-state index in [4.69, 9.17) is 21.7 Å². The fourth-order valence-electron chi connectivity index (χ4n) is 2.93. The first kappa shape index (κ1) is 23.7. The predicted molar refractivity (Wildman–Crippen MR) is 117 cm³/mol. The Hall–Kier alpha value is -0.370. The molecule has 0 bridgehead atoms. The monoisotopic (exact) mass is 440 g/mol. The Morgan fingerprint density at radius 2 is 1.85 bits per heavy atom. The molecule has 0 amide bonds. The number of fused-ring (bicyclic) bond motifs is 1. The fourth-order valence-corrected chi connectivity index (χ4v) is 4.10. The van der Waals surface area contributed by atoms with E-state index in [2.05, 4.69) is 41.6 Å². The van der Waals surface area contributed by atoms with Gasteiger partial charge in [-0.25, -0.2) is 4.98 Å². The van der Waals surface area contributed by atoms with Crippen molar-refractivity contribution in [2.24, 2.45) is 0 Å². The van der Waals surface area contributed by atoms with Crippen LogP contribution in [0, 0.1) is 0 Å². The second-order valence-electron chi connectivity index (χ2n) is 7.13. The number of aromatic nitrogens is 2. The molecule has 1 aromatic carbocycles. The Morgan fingerprint density at radius 1 is 1.19 bits per heavy atom. The third kappa shape index (κ3) is 5.81. The van der Waals surface area contributed by atoms with Crippen LogP contribution in [0.2, 0.25) is 5.02 Å². The van der Waals surface area contributed by atoms with E-state index in [9.17, 15) is 0 Å². The minimum Gasteiger partial charge on any atom is -0.395 e. The van der Waals surface area contributed by atoms with Crippen LogP contribution in [-0.2, 0) is 0 Å². The number of thioether (sulfide) groups is 1. The first-order valence-electron chi connectivity index (χ1n) is 8.32. The van der Waals surface area contributed by atoms with E-state index in [0.717, 1.165) is 59.6 Å². The second-order valence-corrected chi connectivity index (χ2v) is 9.35. The quantitative estimate of drug-likeness (QED) is 0.701. The largest absolute Gasteiger partial charge is 0.395 e. The molecule has 2 aromatic rings. The summed E-state index contributed by atoms with van der Waals surface area (Å²) in [6.07, 6.45) is 0. The number of aromatic amines is 1. The van der Waals surface area contributed by atoms with Gasteiger partial charge in [-0.3, -0.25) is 4.90 Å². The summed E-state index contributed by atoms with van der Waals surface area (Å²) < 4.78 is 0.115. The Labute approximate surface area is 176 Å². The zero-order valence-corrected chi connectivity index (χ0v) is 18.5. The molecule has 2 heterocycles. The summed E-state index contributed by atoms with van der Waals surface area (Å²) in [6.45, 7) is 11.2. The van der Waals surface area contributed by atoms with Crippen LogP contribution in [0.15, 0.2) is 17.3 Å². The maximum atomic E-state index is 9.06. The van der Waals surface area contributed by atoms with Crippen molar-refractivity contribution in [3.63, 3.8) is 0 Å². The number of aliphatic hydroxyl groups is 1. The standard InChI is InChI=1S/C17H25ClN4OS.2ClH/c1-17(2,3)24-16-19-13-10-12(18)15(11-14(13)20-16)22-6-4-21(5-7-22)8-9-23;;/h10-11,23H,4-9H2,1-3H3,(H,19,20);2*1H. The molecule has 0 spiro atoms. The number of halogens is 3. The Bertz CT molecular complexity index is 712. The lowest BCUT2D eigenvalue weighted by atomic mass is 10.2. The van der Waals surface area contributed by atoms with Gasteiger partial charge in [0.1, 0.15) is 0 Å². The second kappa shape index (κ2) is 9.71. The molecular formula is C17H27Cl3N4OS. The average molecular weight is 442 g/mol. The van der Waals surface area contributed by atoms with Gasteiger partial charge in [0.15, 0.2) is 5.16 Å². The van der Waals surface area contributed by atoms with Crippen molar-refractivity contribution in [2.45, 2.75) is 30.7 Å². The molecule has 9 heteroatoms. The zero-order chi connectivity index (χ0) is 17.3. The lowest BCUT2D eigenvalue weighted by Crippen LogP contribution is -2.47. The van der Waals surface area contributed by atoms with Gasteiger partial charge in [0, 0.05) is 37.5 Å². The topological polar surface area (TPSA) is 55.4 Å². The van der Waals surface area contributed by atoms with Crippen molar-refractivity contribution in [3.05, 3.63) is 17.2 Å². The number of imidazole rings is 1. The number of β-amino-alcohol motifs (C(OH)–C–C–N with tert-alkyl or cyclic N) is 1. The van der Waals surface area contributed by atoms with Gasteiger partial charge in [-0.05, 0) is 12.1 Å². The number of piperazine rings is 1. The molecule has 0 radical (unpaired) electrons. The maximum Gasteiger partial charge on any atom is 0.166 e. The lowest BCUT2D eigenvalue weighted by molar-refractivity contribution is 0.189. The highest BCUT2D eigenvalue weighted by Gasteiger charge is 2.20. The van der Waals surface area contributed by atoms with Crippen LogP contribution < -0.4 is 4.90 Å². The highest BCUT2D eigenvalue weighted by Crippen LogP contribution is 2.35. The van der Waals surface area contributed by atoms with E-state index in [1.807, 2.05) is 6.07 Å². The third-order valence-corrected chi connectivity index (χ3v) is 5.36. The van der Waals surface area contributed by atoms with Crippen LogP contribution in [0.25, 0.3) is 11.0 Å². The van der Waals surface area contributed by atoms with Gasteiger partial charge >= 0.3 is 0 Å². The van der Waals surface area contributed by atoms with Crippen LogP contribution in [0.5, 0.6) is 0 Å². The van der Waals surface area contributed by atoms with Crippen molar-refractivity contribution in [2.75, 3.05) is 44.2 Å². The molecule has 1 aliphatic heterocycles. The summed E-state index contributed by atoms with van der Waals surface area (Å²) in [4.78, 5) is 12.7. The highest BCUT2D eigenvalue weighted by molar-refractivity contribution is 8.00. The van der Waals surface area contributed by atoms with E-state index in [1.165, 1.54) is 0 Å². The number of anilines is 1. The van der Waals surface area contributed by atoms with Gasteiger partial charge in [0.25, 0.3) is 0 Å². The van der Waals surface area contributed by atoms with Crippen molar-refractivity contribution in [1.29, 1.82) is 0 Å². The molecular weight excluding hydrogens is 415 g/mol. The average Bonchev–Trinajstić information content (AvgIpc) is 2.86. The van der Waals surface area contributed by atoms with E-state index in [0.29, 0.717) is 0 Å². The summed E-state index contributed by atoms with van der Waals surface area (Å²) in [5.74, 6) is 0. The molecule has 2 N–H and O–H groups in total. The SMILES string of the molecule is CC(C)(C)Sc1nc2cc(N3CCN(CCO)CC3)c(Cl)cc2[nH]1.Cl.Cl. The van der Waals surface area contributed by atoms with Gasteiger partial charge in [-0.1, -0.05) is 44.1 Å². The predicted octanol–water partition coefficient (Wildman–Crippen LogP) is 4.06. The molecule has 0 atom stereocenters. The summed E-state index contributed by atoms with van der Waals surface area (Å²) in [7, 11) is 0. The molecule has 1 aromatic heterocycles. The Kier molecular flexibility index (Phi) is 8.84. The van der Waals surface area contributed by atoms with Gasteiger partial charge in [-0.2, -0.15) is 0 Å². The first-order chi connectivity index (χ1) is 11.4. The molecule has 0 saturated carbocycles. The lowest BCUT2D eigenvalue weighted by Gasteiger charge is -2.36. The highest BCUT2D eigenvalue weighted by atomic mass is 35.5. The van der Waals surface area contributed by atoms with Crippen LogP contribution in [0.4, 0.5) is 5.69 Å². The van der Waals surface area contributed by atoms with Gasteiger partial charge in [0.05, 0.1) is 28.4 Å². The number of hydrogen-bond donors (Lipinski definition) is 2. The first-order valence-corrected chi connectivity index (χ1v) is 9.51. The molecule has 0 unspecified atom stereocenters. The van der Waals surface area contributed by atoms with Crippen LogP contribution in [0.3, 0.4) is 0 Å². The summed E-state index contributed by atoms with van der Waals surface area (Å²) >= 11 is 8.25.